The van der Waals surface area contributed by atoms with Crippen molar-refractivity contribution in [1.29, 1.82) is 0 Å². The smallest absolute Gasteiger partial charge is 0.363 e. The summed E-state index contributed by atoms with van der Waals surface area (Å²) in [7, 11) is -3.59. The maximum Gasteiger partial charge on any atom is 0.363 e. The summed E-state index contributed by atoms with van der Waals surface area (Å²) < 4.78 is 23.3. The van der Waals surface area contributed by atoms with Gasteiger partial charge in [0, 0.05) is 0 Å². The molecule has 102 valence electrons. The van der Waals surface area contributed by atoms with E-state index in [2.05, 4.69) is 0 Å². The minimum Gasteiger partial charge on any atom is -0.376 e. The third kappa shape index (κ3) is 4.21. The topological polar surface area (TPSA) is 55.8 Å². The fourth-order valence-electron chi connectivity index (χ4n) is 1.54. The number of benzene rings is 1. The Morgan fingerprint density at radius 3 is 1.83 bits per heavy atom. The Labute approximate surface area is 108 Å². The first kappa shape index (κ1) is 15.4. The van der Waals surface area contributed by atoms with Crippen molar-refractivity contribution in [3.63, 3.8) is 0 Å². The first-order valence-electron chi connectivity index (χ1n) is 6.04. The molecule has 1 N–H and O–H groups in total. The van der Waals surface area contributed by atoms with E-state index in [9.17, 15) is 9.67 Å². The molecular formula is C13H21O4P. The Morgan fingerprint density at radius 1 is 1.00 bits per heavy atom. The van der Waals surface area contributed by atoms with Gasteiger partial charge in [-0.05, 0) is 33.3 Å². The van der Waals surface area contributed by atoms with Gasteiger partial charge in [-0.2, -0.15) is 0 Å². The normalized spacial score (nSPS) is 14.2. The molecule has 5 heteroatoms. The van der Waals surface area contributed by atoms with Crippen molar-refractivity contribution >= 4 is 7.60 Å². The predicted octanol–water partition coefficient (Wildman–Crippen LogP) is 3.72. The monoisotopic (exact) mass is 272 g/mol. The Bertz CT molecular complexity index is 389. The lowest BCUT2D eigenvalue weighted by Gasteiger charge is -2.26. The molecule has 0 aliphatic rings. The van der Waals surface area contributed by atoms with Gasteiger partial charge in [0.15, 0.2) is 5.85 Å². The van der Waals surface area contributed by atoms with Gasteiger partial charge in [0.1, 0.15) is 0 Å². The quantitative estimate of drug-likeness (QED) is 0.802. The second-order valence-corrected chi connectivity index (χ2v) is 6.62. The SMILES string of the molecule is CC(C)OP(=O)(OC(C)C)[C@H](O)c1ccccc1. The van der Waals surface area contributed by atoms with Crippen LogP contribution >= 0.6 is 7.60 Å². The average Bonchev–Trinajstić information content (AvgIpc) is 2.27. The first-order chi connectivity index (χ1) is 8.35. The van der Waals surface area contributed by atoms with Crippen molar-refractivity contribution in [2.24, 2.45) is 0 Å². The molecule has 0 aliphatic heterocycles. The zero-order valence-electron chi connectivity index (χ0n) is 11.2. The van der Waals surface area contributed by atoms with Crippen LogP contribution in [-0.2, 0) is 13.6 Å². The Hall–Kier alpha value is -0.670. The van der Waals surface area contributed by atoms with Crippen LogP contribution in [0.3, 0.4) is 0 Å². The highest BCUT2D eigenvalue weighted by atomic mass is 31.2. The number of hydrogen-bond acceptors (Lipinski definition) is 4. The van der Waals surface area contributed by atoms with Crippen LogP contribution in [0.2, 0.25) is 0 Å². The molecule has 0 spiro atoms. The molecular weight excluding hydrogens is 251 g/mol. The average molecular weight is 272 g/mol. The van der Waals surface area contributed by atoms with Gasteiger partial charge < -0.3 is 14.2 Å². The van der Waals surface area contributed by atoms with Crippen molar-refractivity contribution in [3.8, 4) is 0 Å². The van der Waals surface area contributed by atoms with Gasteiger partial charge in [0.05, 0.1) is 12.2 Å². The molecule has 1 aromatic carbocycles. The van der Waals surface area contributed by atoms with Crippen LogP contribution in [0.15, 0.2) is 30.3 Å². The van der Waals surface area contributed by atoms with Crippen LogP contribution in [0.25, 0.3) is 0 Å². The lowest BCUT2D eigenvalue weighted by molar-refractivity contribution is 0.101. The summed E-state index contributed by atoms with van der Waals surface area (Å²) in [5.74, 6) is -1.26. The number of hydrogen-bond donors (Lipinski definition) is 1. The summed E-state index contributed by atoms with van der Waals surface area (Å²) in [6.45, 7) is 7.03. The summed E-state index contributed by atoms with van der Waals surface area (Å²) in [4.78, 5) is 0. The predicted molar refractivity (Wildman–Crippen MR) is 71.5 cm³/mol. The highest BCUT2D eigenvalue weighted by Gasteiger charge is 2.37. The van der Waals surface area contributed by atoms with Gasteiger partial charge in [-0.25, -0.2) is 0 Å². The van der Waals surface area contributed by atoms with E-state index in [0.29, 0.717) is 5.56 Å². The second-order valence-electron chi connectivity index (χ2n) is 4.63. The summed E-state index contributed by atoms with van der Waals surface area (Å²) in [5.41, 5.74) is 0.530. The minimum atomic E-state index is -3.59. The van der Waals surface area contributed by atoms with Crippen molar-refractivity contribution in [2.45, 2.75) is 45.7 Å². The molecule has 1 atom stereocenters. The largest absolute Gasteiger partial charge is 0.376 e. The van der Waals surface area contributed by atoms with Crippen LogP contribution in [-0.4, -0.2) is 17.3 Å². The maximum absolute atomic E-state index is 12.6. The maximum atomic E-state index is 12.6. The number of aliphatic hydroxyl groups is 1. The van der Waals surface area contributed by atoms with E-state index >= 15 is 0 Å². The summed E-state index contributed by atoms with van der Waals surface area (Å²) in [5, 5.41) is 10.2. The molecule has 0 radical (unpaired) electrons. The third-order valence-electron chi connectivity index (χ3n) is 2.11. The van der Waals surface area contributed by atoms with Crippen LogP contribution in [0.5, 0.6) is 0 Å². The molecule has 0 saturated heterocycles. The molecule has 1 aromatic rings. The molecule has 0 saturated carbocycles. The Morgan fingerprint density at radius 2 is 1.44 bits per heavy atom. The molecule has 18 heavy (non-hydrogen) atoms. The highest BCUT2D eigenvalue weighted by molar-refractivity contribution is 7.54. The van der Waals surface area contributed by atoms with E-state index in [4.69, 9.17) is 9.05 Å². The fraction of sp³-hybridized carbons (Fsp3) is 0.538. The van der Waals surface area contributed by atoms with E-state index in [-0.39, 0.29) is 12.2 Å². The minimum absolute atomic E-state index is 0.284. The lowest BCUT2D eigenvalue weighted by atomic mass is 10.2. The molecule has 0 fully saturated rings. The van der Waals surface area contributed by atoms with Gasteiger partial charge in [-0.1, -0.05) is 30.3 Å². The van der Waals surface area contributed by atoms with Gasteiger partial charge >= 0.3 is 7.60 Å². The van der Waals surface area contributed by atoms with Gasteiger partial charge in [-0.15, -0.1) is 0 Å². The lowest BCUT2D eigenvalue weighted by Crippen LogP contribution is -2.13. The number of aliphatic hydroxyl groups excluding tert-OH is 1. The highest BCUT2D eigenvalue weighted by Crippen LogP contribution is 2.61. The van der Waals surface area contributed by atoms with Crippen molar-refractivity contribution in [2.75, 3.05) is 0 Å². The molecule has 0 amide bonds. The standard InChI is InChI=1S/C13H21O4P/c1-10(2)16-18(15,17-11(3)4)13(14)12-8-6-5-7-9-12/h5-11,13-14H,1-4H3/t13-/m0/s1. The van der Waals surface area contributed by atoms with E-state index in [1.165, 1.54) is 0 Å². The molecule has 0 aromatic heterocycles. The summed E-state index contributed by atoms with van der Waals surface area (Å²) in [6.07, 6.45) is -0.569. The Balaban J connectivity index is 2.99. The summed E-state index contributed by atoms with van der Waals surface area (Å²) >= 11 is 0. The summed E-state index contributed by atoms with van der Waals surface area (Å²) in [6, 6.07) is 8.77. The molecule has 0 unspecified atom stereocenters. The molecule has 0 heterocycles. The van der Waals surface area contributed by atoms with Gasteiger partial charge in [-0.3, -0.25) is 4.57 Å². The zero-order chi connectivity index (χ0) is 13.8. The number of rotatable bonds is 6. The Kier molecular flexibility index (Phi) is 5.54. The molecule has 0 bridgehead atoms. The fourth-order valence-corrected chi connectivity index (χ4v) is 3.53. The van der Waals surface area contributed by atoms with E-state index in [1.807, 2.05) is 6.07 Å². The van der Waals surface area contributed by atoms with Crippen molar-refractivity contribution in [1.82, 2.24) is 0 Å². The van der Waals surface area contributed by atoms with Crippen LogP contribution < -0.4 is 0 Å². The zero-order valence-corrected chi connectivity index (χ0v) is 12.1. The van der Waals surface area contributed by atoms with E-state index < -0.39 is 13.4 Å². The second kappa shape index (κ2) is 6.48. The molecule has 1 rings (SSSR count). The van der Waals surface area contributed by atoms with Gasteiger partial charge in [0.25, 0.3) is 0 Å². The van der Waals surface area contributed by atoms with Crippen LogP contribution in [0.4, 0.5) is 0 Å². The van der Waals surface area contributed by atoms with E-state index in [0.717, 1.165) is 0 Å². The van der Waals surface area contributed by atoms with Gasteiger partial charge in [0.2, 0.25) is 0 Å². The van der Waals surface area contributed by atoms with Crippen molar-refractivity contribution in [3.05, 3.63) is 35.9 Å². The molecule has 4 nitrogen and oxygen atoms in total. The van der Waals surface area contributed by atoms with Crippen LogP contribution in [0.1, 0.15) is 39.1 Å². The first-order valence-corrected chi connectivity index (χ1v) is 7.66. The van der Waals surface area contributed by atoms with E-state index in [1.54, 1.807) is 52.0 Å². The third-order valence-corrected chi connectivity index (χ3v) is 4.44. The van der Waals surface area contributed by atoms with Crippen molar-refractivity contribution < 1.29 is 18.7 Å². The molecule has 0 aliphatic carbocycles. The van der Waals surface area contributed by atoms with Crippen LogP contribution in [0, 0.1) is 0 Å².